The van der Waals surface area contributed by atoms with Crippen molar-refractivity contribution in [1.82, 2.24) is 14.9 Å². The molecule has 1 aliphatic rings. The van der Waals surface area contributed by atoms with E-state index < -0.39 is 23.3 Å². The van der Waals surface area contributed by atoms with E-state index in [9.17, 15) is 14.4 Å². The first-order valence-electron chi connectivity index (χ1n) is 8.10. The van der Waals surface area contributed by atoms with Crippen molar-refractivity contribution in [3.05, 3.63) is 86.6 Å². The highest BCUT2D eigenvalue weighted by molar-refractivity contribution is 5.92. The minimum absolute atomic E-state index is 0.208. The van der Waals surface area contributed by atoms with Gasteiger partial charge >= 0.3 is 11.7 Å². The Morgan fingerprint density at radius 2 is 1.54 bits per heavy atom. The Kier molecular flexibility index (Phi) is 3.69. The van der Waals surface area contributed by atoms with E-state index in [0.717, 1.165) is 16.7 Å². The van der Waals surface area contributed by atoms with Crippen LogP contribution in [0.5, 0.6) is 0 Å². The summed E-state index contributed by atoms with van der Waals surface area (Å²) in [5.74, 6) is 0.208. The standard InChI is InChI=1S/C19H16N4O3/c1-23-16-14(17(24)22-19(23)26)15(20-18(25)21-16)13-9-7-12(8-10-13)11-5-3-2-4-6-11/h2-10,15H,1H3,(H2,20,21,25)(H,22,24,26). The summed E-state index contributed by atoms with van der Waals surface area (Å²) in [6.07, 6.45) is 0. The first-order valence-corrected chi connectivity index (χ1v) is 8.10. The zero-order valence-electron chi connectivity index (χ0n) is 13.9. The summed E-state index contributed by atoms with van der Waals surface area (Å²) in [4.78, 5) is 38.5. The van der Waals surface area contributed by atoms with Crippen molar-refractivity contribution in [2.24, 2.45) is 7.05 Å². The second-order valence-electron chi connectivity index (χ2n) is 6.10. The molecule has 0 aliphatic carbocycles. The molecular weight excluding hydrogens is 332 g/mol. The van der Waals surface area contributed by atoms with Crippen LogP contribution in [0.2, 0.25) is 0 Å². The maximum atomic E-state index is 12.4. The first kappa shape index (κ1) is 15.9. The molecule has 0 bridgehead atoms. The fourth-order valence-corrected chi connectivity index (χ4v) is 3.15. The van der Waals surface area contributed by atoms with Gasteiger partial charge in [0, 0.05) is 7.05 Å². The van der Waals surface area contributed by atoms with Gasteiger partial charge in [0.1, 0.15) is 5.82 Å². The Bertz CT molecular complexity index is 1100. The number of hydrogen-bond acceptors (Lipinski definition) is 3. The molecule has 1 aromatic heterocycles. The van der Waals surface area contributed by atoms with E-state index in [-0.39, 0.29) is 5.82 Å². The SMILES string of the molecule is Cn1c2c(c(=O)[nH]c1=O)C(c1ccc(-c3ccccc3)cc1)NC(=O)N2. The molecule has 0 spiro atoms. The van der Waals surface area contributed by atoms with Gasteiger partial charge in [-0.05, 0) is 16.7 Å². The van der Waals surface area contributed by atoms with E-state index in [1.165, 1.54) is 11.6 Å². The molecular formula is C19H16N4O3. The highest BCUT2D eigenvalue weighted by Crippen LogP contribution is 2.29. The molecule has 7 heteroatoms. The van der Waals surface area contributed by atoms with Gasteiger partial charge in [0.05, 0.1) is 11.6 Å². The van der Waals surface area contributed by atoms with E-state index in [1.807, 2.05) is 54.6 Å². The lowest BCUT2D eigenvalue weighted by atomic mass is 9.96. The van der Waals surface area contributed by atoms with Gasteiger partial charge in [0.2, 0.25) is 0 Å². The monoisotopic (exact) mass is 348 g/mol. The lowest BCUT2D eigenvalue weighted by Crippen LogP contribution is -2.46. The van der Waals surface area contributed by atoms with Crippen LogP contribution in [0.25, 0.3) is 11.1 Å². The highest BCUT2D eigenvalue weighted by Gasteiger charge is 2.30. The van der Waals surface area contributed by atoms with Crippen molar-refractivity contribution in [3.8, 4) is 11.1 Å². The van der Waals surface area contributed by atoms with Crippen LogP contribution >= 0.6 is 0 Å². The quantitative estimate of drug-likeness (QED) is 0.660. The van der Waals surface area contributed by atoms with Crippen molar-refractivity contribution in [2.75, 3.05) is 5.32 Å². The molecule has 0 saturated carbocycles. The number of benzene rings is 2. The average molecular weight is 348 g/mol. The second kappa shape index (κ2) is 6.03. The van der Waals surface area contributed by atoms with E-state index in [1.54, 1.807) is 0 Å². The number of aromatic amines is 1. The predicted octanol–water partition coefficient (Wildman–Crippen LogP) is 1.97. The molecule has 1 unspecified atom stereocenters. The Hall–Kier alpha value is -3.61. The van der Waals surface area contributed by atoms with Crippen LogP contribution in [0, 0.1) is 0 Å². The Morgan fingerprint density at radius 3 is 2.23 bits per heavy atom. The van der Waals surface area contributed by atoms with E-state index in [2.05, 4.69) is 15.6 Å². The van der Waals surface area contributed by atoms with E-state index in [0.29, 0.717) is 5.56 Å². The molecule has 1 atom stereocenters. The molecule has 0 saturated heterocycles. The van der Waals surface area contributed by atoms with Gasteiger partial charge in [-0.15, -0.1) is 0 Å². The van der Waals surface area contributed by atoms with Gasteiger partial charge in [-0.2, -0.15) is 0 Å². The number of nitrogens with one attached hydrogen (secondary N) is 3. The van der Waals surface area contributed by atoms with Crippen LogP contribution in [-0.4, -0.2) is 15.6 Å². The van der Waals surface area contributed by atoms with Crippen LogP contribution in [0.3, 0.4) is 0 Å². The van der Waals surface area contributed by atoms with Crippen molar-refractivity contribution in [3.63, 3.8) is 0 Å². The number of carbonyl (C=O) groups is 1. The maximum absolute atomic E-state index is 12.4. The molecule has 2 heterocycles. The third-order valence-corrected chi connectivity index (χ3v) is 4.51. The molecule has 7 nitrogen and oxygen atoms in total. The third kappa shape index (κ3) is 2.59. The number of H-pyrrole nitrogens is 1. The third-order valence-electron chi connectivity index (χ3n) is 4.51. The minimum atomic E-state index is -0.640. The zero-order chi connectivity index (χ0) is 18.3. The fourth-order valence-electron chi connectivity index (χ4n) is 3.15. The van der Waals surface area contributed by atoms with Crippen molar-refractivity contribution in [2.45, 2.75) is 6.04 Å². The molecule has 2 amide bonds. The number of hydrogen-bond donors (Lipinski definition) is 3. The van der Waals surface area contributed by atoms with Crippen LogP contribution in [0.1, 0.15) is 17.2 Å². The van der Waals surface area contributed by atoms with Crippen LogP contribution in [0.15, 0.2) is 64.2 Å². The summed E-state index contributed by atoms with van der Waals surface area (Å²) in [5, 5.41) is 5.29. The molecule has 0 radical (unpaired) electrons. The Morgan fingerprint density at radius 1 is 0.885 bits per heavy atom. The number of aromatic nitrogens is 2. The summed E-state index contributed by atoms with van der Waals surface area (Å²) in [6.45, 7) is 0. The summed E-state index contributed by atoms with van der Waals surface area (Å²) in [6, 6.07) is 16.4. The molecule has 0 fully saturated rings. The second-order valence-corrected chi connectivity index (χ2v) is 6.10. The molecule has 4 rings (SSSR count). The molecule has 2 aromatic carbocycles. The highest BCUT2D eigenvalue weighted by atomic mass is 16.2. The van der Waals surface area contributed by atoms with Crippen molar-refractivity contribution >= 4 is 11.8 Å². The average Bonchev–Trinajstić information content (AvgIpc) is 2.66. The number of rotatable bonds is 2. The number of nitrogens with zero attached hydrogens (tertiary/aromatic N) is 1. The summed E-state index contributed by atoms with van der Waals surface area (Å²) in [5.41, 5.74) is 2.07. The fraction of sp³-hybridized carbons (Fsp3) is 0.105. The number of fused-ring (bicyclic) bond motifs is 1. The lowest BCUT2D eigenvalue weighted by molar-refractivity contribution is 0.248. The normalized spacial score (nSPS) is 15.7. The van der Waals surface area contributed by atoms with Gasteiger partial charge in [-0.3, -0.25) is 19.7 Å². The molecule has 3 aromatic rings. The smallest absolute Gasteiger partial charge is 0.327 e. The first-order chi connectivity index (χ1) is 12.5. The van der Waals surface area contributed by atoms with Crippen LogP contribution in [-0.2, 0) is 7.05 Å². The molecule has 1 aliphatic heterocycles. The lowest BCUT2D eigenvalue weighted by Gasteiger charge is -2.27. The molecule has 130 valence electrons. The summed E-state index contributed by atoms with van der Waals surface area (Å²) < 4.78 is 1.22. The van der Waals surface area contributed by atoms with Gasteiger partial charge in [0.15, 0.2) is 0 Å². The molecule has 26 heavy (non-hydrogen) atoms. The van der Waals surface area contributed by atoms with Crippen LogP contribution in [0.4, 0.5) is 10.6 Å². The van der Waals surface area contributed by atoms with Gasteiger partial charge in [-0.1, -0.05) is 54.6 Å². The van der Waals surface area contributed by atoms with E-state index in [4.69, 9.17) is 0 Å². The zero-order valence-corrected chi connectivity index (χ0v) is 13.9. The summed E-state index contributed by atoms with van der Waals surface area (Å²) >= 11 is 0. The number of amides is 2. The minimum Gasteiger partial charge on any atom is -0.327 e. The number of carbonyl (C=O) groups excluding carboxylic acids is 1. The Labute approximate surface area is 148 Å². The number of urea groups is 1. The van der Waals surface area contributed by atoms with Gasteiger partial charge < -0.3 is 5.32 Å². The number of anilines is 1. The molecule has 3 N–H and O–H groups in total. The van der Waals surface area contributed by atoms with Gasteiger partial charge in [0.25, 0.3) is 5.56 Å². The van der Waals surface area contributed by atoms with Crippen molar-refractivity contribution < 1.29 is 4.79 Å². The Balaban J connectivity index is 1.80. The largest absolute Gasteiger partial charge is 0.329 e. The maximum Gasteiger partial charge on any atom is 0.329 e. The van der Waals surface area contributed by atoms with Crippen molar-refractivity contribution in [1.29, 1.82) is 0 Å². The summed E-state index contributed by atoms with van der Waals surface area (Å²) in [7, 11) is 1.50. The van der Waals surface area contributed by atoms with Gasteiger partial charge in [-0.25, -0.2) is 9.59 Å². The van der Waals surface area contributed by atoms with E-state index >= 15 is 0 Å². The predicted molar refractivity (Wildman–Crippen MR) is 98.2 cm³/mol. The topological polar surface area (TPSA) is 96.0 Å². The van der Waals surface area contributed by atoms with Crippen LogP contribution < -0.4 is 21.9 Å².